The van der Waals surface area contributed by atoms with Crippen molar-refractivity contribution in [2.75, 3.05) is 12.9 Å². The van der Waals surface area contributed by atoms with Crippen molar-refractivity contribution in [2.24, 2.45) is 5.16 Å². The molecule has 1 atom stereocenters. The van der Waals surface area contributed by atoms with Gasteiger partial charge in [0.2, 0.25) is 0 Å². The van der Waals surface area contributed by atoms with Crippen LogP contribution in [0, 0.1) is 0 Å². The average molecular weight is 332 g/mol. The van der Waals surface area contributed by atoms with Gasteiger partial charge in [-0.3, -0.25) is 9.17 Å². The van der Waals surface area contributed by atoms with Crippen molar-refractivity contribution in [1.82, 2.24) is 4.98 Å². The molecule has 0 fully saturated rings. The number of nitrogens with zero attached hydrogens (tertiary/aromatic N) is 2. The Kier molecular flexibility index (Phi) is 4.40. The van der Waals surface area contributed by atoms with E-state index in [4.69, 9.17) is 9.02 Å². The maximum atomic E-state index is 11.0. The lowest BCUT2D eigenvalue weighted by Crippen LogP contribution is -2.18. The molecule has 120 valence electrons. The standard InChI is InChI=1S/C16H16N2O4S/c1-23(19,20)21-11-15-10-16(18-22-15)14-4-2-12(3-5-14)13-6-8-17-9-7-13/h2-9,15H,10-11H2,1H3/t15-/m1/s1. The molecule has 0 radical (unpaired) electrons. The molecule has 0 saturated carbocycles. The van der Waals surface area contributed by atoms with E-state index in [0.717, 1.165) is 28.7 Å². The predicted molar refractivity (Wildman–Crippen MR) is 86.5 cm³/mol. The zero-order chi connectivity index (χ0) is 16.3. The van der Waals surface area contributed by atoms with Gasteiger partial charge in [-0.15, -0.1) is 0 Å². The highest BCUT2D eigenvalue weighted by Gasteiger charge is 2.23. The fourth-order valence-electron chi connectivity index (χ4n) is 2.29. The van der Waals surface area contributed by atoms with Gasteiger partial charge in [0.25, 0.3) is 10.1 Å². The van der Waals surface area contributed by atoms with E-state index >= 15 is 0 Å². The van der Waals surface area contributed by atoms with Gasteiger partial charge in [-0.2, -0.15) is 8.42 Å². The van der Waals surface area contributed by atoms with Crippen molar-refractivity contribution >= 4 is 15.8 Å². The highest BCUT2D eigenvalue weighted by atomic mass is 32.2. The Hall–Kier alpha value is -2.25. The van der Waals surface area contributed by atoms with E-state index in [2.05, 4.69) is 10.1 Å². The van der Waals surface area contributed by atoms with Crippen LogP contribution in [0.15, 0.2) is 53.9 Å². The molecule has 1 aliphatic rings. The molecule has 1 aliphatic heterocycles. The van der Waals surface area contributed by atoms with E-state index in [9.17, 15) is 8.42 Å². The molecule has 7 heteroatoms. The third kappa shape index (κ3) is 4.14. The molecule has 3 rings (SSSR count). The molecule has 0 spiro atoms. The van der Waals surface area contributed by atoms with Crippen molar-refractivity contribution in [3.05, 3.63) is 54.4 Å². The Bertz CT molecular complexity index is 802. The zero-order valence-electron chi connectivity index (χ0n) is 12.5. The third-order valence-corrected chi connectivity index (χ3v) is 4.00. The van der Waals surface area contributed by atoms with Crippen molar-refractivity contribution < 1.29 is 17.4 Å². The number of hydrogen-bond donors (Lipinski definition) is 0. The summed E-state index contributed by atoms with van der Waals surface area (Å²) in [5.74, 6) is 0. The highest BCUT2D eigenvalue weighted by molar-refractivity contribution is 7.85. The number of aromatic nitrogens is 1. The molecule has 2 aromatic rings. The summed E-state index contributed by atoms with van der Waals surface area (Å²) in [5.41, 5.74) is 3.92. The average Bonchev–Trinajstić information content (AvgIpc) is 3.02. The summed E-state index contributed by atoms with van der Waals surface area (Å²) in [4.78, 5) is 9.22. The van der Waals surface area contributed by atoms with E-state index in [1.165, 1.54) is 0 Å². The Morgan fingerprint density at radius 3 is 2.35 bits per heavy atom. The quantitative estimate of drug-likeness (QED) is 0.785. The van der Waals surface area contributed by atoms with Crippen LogP contribution in [0.2, 0.25) is 0 Å². The van der Waals surface area contributed by atoms with Gasteiger partial charge in [0.05, 0.1) is 12.0 Å². The molecule has 0 aliphatic carbocycles. The molecular weight excluding hydrogens is 316 g/mol. The van der Waals surface area contributed by atoms with Gasteiger partial charge in [0.15, 0.2) is 6.10 Å². The number of rotatable bonds is 5. The lowest BCUT2D eigenvalue weighted by atomic mass is 10.0. The van der Waals surface area contributed by atoms with Crippen LogP contribution in [0.25, 0.3) is 11.1 Å². The number of oxime groups is 1. The van der Waals surface area contributed by atoms with Crippen LogP contribution >= 0.6 is 0 Å². The molecule has 1 aromatic carbocycles. The van der Waals surface area contributed by atoms with Gasteiger partial charge < -0.3 is 4.84 Å². The normalized spacial score (nSPS) is 17.6. The maximum Gasteiger partial charge on any atom is 0.264 e. The molecule has 0 N–H and O–H groups in total. The summed E-state index contributed by atoms with van der Waals surface area (Å²) in [7, 11) is -3.47. The SMILES string of the molecule is CS(=O)(=O)OC[C@H]1CC(c2ccc(-c3ccncc3)cc2)=NO1. The first-order valence-electron chi connectivity index (χ1n) is 7.09. The summed E-state index contributed by atoms with van der Waals surface area (Å²) in [6.07, 6.45) is 4.67. The van der Waals surface area contributed by atoms with E-state index in [1.54, 1.807) is 12.4 Å². The summed E-state index contributed by atoms with van der Waals surface area (Å²) in [6, 6.07) is 11.9. The van der Waals surface area contributed by atoms with Gasteiger partial charge in [0, 0.05) is 18.8 Å². The van der Waals surface area contributed by atoms with Gasteiger partial charge in [-0.1, -0.05) is 29.4 Å². The number of pyridine rings is 1. The van der Waals surface area contributed by atoms with Gasteiger partial charge in [-0.05, 0) is 28.8 Å². The van der Waals surface area contributed by atoms with Crippen molar-refractivity contribution in [3.8, 4) is 11.1 Å². The minimum absolute atomic E-state index is 0.0269. The van der Waals surface area contributed by atoms with Gasteiger partial charge in [-0.25, -0.2) is 0 Å². The fourth-order valence-corrected chi connectivity index (χ4v) is 2.69. The van der Waals surface area contributed by atoms with Crippen LogP contribution in [-0.4, -0.2) is 38.1 Å². The molecule has 0 unspecified atom stereocenters. The van der Waals surface area contributed by atoms with E-state index < -0.39 is 10.1 Å². The Balaban J connectivity index is 1.65. The fraction of sp³-hybridized carbons (Fsp3) is 0.250. The summed E-state index contributed by atoms with van der Waals surface area (Å²) in [6.45, 7) is -0.0269. The van der Waals surface area contributed by atoms with Crippen LogP contribution in [0.1, 0.15) is 12.0 Å². The maximum absolute atomic E-state index is 11.0. The second-order valence-electron chi connectivity index (χ2n) is 5.27. The monoisotopic (exact) mass is 332 g/mol. The van der Waals surface area contributed by atoms with Crippen molar-refractivity contribution in [1.29, 1.82) is 0 Å². The lowest BCUT2D eigenvalue weighted by molar-refractivity contribution is 0.0493. The molecule has 6 nitrogen and oxygen atoms in total. The van der Waals surface area contributed by atoms with Gasteiger partial charge >= 0.3 is 0 Å². The summed E-state index contributed by atoms with van der Waals surface area (Å²) >= 11 is 0. The van der Waals surface area contributed by atoms with Crippen molar-refractivity contribution in [2.45, 2.75) is 12.5 Å². The minimum Gasteiger partial charge on any atom is -0.389 e. The predicted octanol–water partition coefficient (Wildman–Crippen LogP) is 2.22. The molecule has 2 heterocycles. The number of benzene rings is 1. The van der Waals surface area contributed by atoms with E-state index in [-0.39, 0.29) is 12.7 Å². The largest absolute Gasteiger partial charge is 0.389 e. The molecule has 0 bridgehead atoms. The molecule has 23 heavy (non-hydrogen) atoms. The second-order valence-corrected chi connectivity index (χ2v) is 6.92. The second kappa shape index (κ2) is 6.47. The third-order valence-electron chi connectivity index (χ3n) is 3.43. The Morgan fingerprint density at radius 2 is 1.70 bits per heavy atom. The van der Waals surface area contributed by atoms with Crippen LogP contribution < -0.4 is 0 Å². The summed E-state index contributed by atoms with van der Waals surface area (Å²) < 4.78 is 26.7. The Labute approximate surface area is 134 Å². The highest BCUT2D eigenvalue weighted by Crippen LogP contribution is 2.22. The summed E-state index contributed by atoms with van der Waals surface area (Å²) in [5, 5.41) is 4.02. The van der Waals surface area contributed by atoms with Crippen LogP contribution in [0.5, 0.6) is 0 Å². The van der Waals surface area contributed by atoms with Crippen LogP contribution in [0.3, 0.4) is 0 Å². The molecular formula is C16H16N2O4S. The first-order valence-corrected chi connectivity index (χ1v) is 8.91. The first-order chi connectivity index (χ1) is 11.0. The smallest absolute Gasteiger partial charge is 0.264 e. The molecule has 0 amide bonds. The van der Waals surface area contributed by atoms with Gasteiger partial charge in [0.1, 0.15) is 6.61 Å². The topological polar surface area (TPSA) is 77.9 Å². The van der Waals surface area contributed by atoms with Crippen molar-refractivity contribution in [3.63, 3.8) is 0 Å². The van der Waals surface area contributed by atoms with E-state index in [0.29, 0.717) is 6.42 Å². The first kappa shape index (κ1) is 15.6. The number of hydrogen-bond acceptors (Lipinski definition) is 6. The van der Waals surface area contributed by atoms with Crippen LogP contribution in [-0.2, 0) is 19.1 Å². The van der Waals surface area contributed by atoms with Crippen LogP contribution in [0.4, 0.5) is 0 Å². The molecule has 1 aromatic heterocycles. The minimum atomic E-state index is -3.47. The van der Waals surface area contributed by atoms with E-state index in [1.807, 2.05) is 36.4 Å². The Morgan fingerprint density at radius 1 is 1.09 bits per heavy atom. The zero-order valence-corrected chi connectivity index (χ0v) is 13.4. The molecule has 0 saturated heterocycles. The lowest BCUT2D eigenvalue weighted by Gasteiger charge is -2.07.